The molecule has 5 heteroatoms. The maximum atomic E-state index is 13.9. The van der Waals surface area contributed by atoms with Crippen molar-refractivity contribution >= 4 is 44.9 Å². The van der Waals surface area contributed by atoms with E-state index in [1.165, 1.54) is 64.2 Å². The van der Waals surface area contributed by atoms with E-state index in [4.69, 9.17) is 9.41 Å². The number of rotatable bonds is 15. The number of unbranched alkanes of at least 4 members (excludes halogenated alkanes) is 8. The molecule has 1 aromatic heterocycles. The maximum Gasteiger partial charge on any atom is 0.278 e. The number of para-hydroxylation sites is 2. The Hall–Kier alpha value is -3.44. The molecular formula is C35H43N3O2. The Balaban J connectivity index is 1.36. The number of hydrogen-bond acceptors (Lipinski definition) is 4. The van der Waals surface area contributed by atoms with Gasteiger partial charge in [0.1, 0.15) is 16.9 Å². The van der Waals surface area contributed by atoms with Crippen LogP contribution in [0.4, 0.5) is 11.4 Å². The predicted molar refractivity (Wildman–Crippen MR) is 168 cm³/mol. The van der Waals surface area contributed by atoms with Gasteiger partial charge in [0, 0.05) is 22.4 Å². The van der Waals surface area contributed by atoms with Crippen molar-refractivity contribution in [2.45, 2.75) is 78.1 Å². The molecule has 0 fully saturated rings. The third-order valence-corrected chi connectivity index (χ3v) is 8.00. The molecule has 2 heterocycles. The molecule has 5 nitrogen and oxygen atoms in total. The van der Waals surface area contributed by atoms with Gasteiger partial charge in [0.15, 0.2) is 0 Å². The SMILES string of the molecule is CCCCCCCN(CCCCCCC)CN1C(=O)C(=Nc2ccc3c(c2)oc2ccccc23)c2ccccc21. The number of aliphatic imine (C=N–C) groups is 1. The zero-order chi connectivity index (χ0) is 27.7. The van der Waals surface area contributed by atoms with Gasteiger partial charge in [-0.05, 0) is 50.2 Å². The number of carbonyl (C=O) groups is 1. The Morgan fingerprint density at radius 1 is 0.725 bits per heavy atom. The summed E-state index contributed by atoms with van der Waals surface area (Å²) >= 11 is 0. The van der Waals surface area contributed by atoms with Gasteiger partial charge in [-0.1, -0.05) is 102 Å². The third kappa shape index (κ3) is 6.47. The fourth-order valence-corrected chi connectivity index (χ4v) is 5.75. The summed E-state index contributed by atoms with van der Waals surface area (Å²) in [5.74, 6) is -0.0205. The molecular weight excluding hydrogens is 494 g/mol. The lowest BCUT2D eigenvalue weighted by Crippen LogP contribution is -2.42. The molecule has 0 saturated heterocycles. The molecule has 0 radical (unpaired) electrons. The van der Waals surface area contributed by atoms with Gasteiger partial charge in [-0.15, -0.1) is 0 Å². The second-order valence-electron chi connectivity index (χ2n) is 11.1. The molecule has 0 saturated carbocycles. The molecule has 210 valence electrons. The van der Waals surface area contributed by atoms with Crippen LogP contribution in [0.1, 0.15) is 83.6 Å². The number of furan rings is 1. The fourth-order valence-electron chi connectivity index (χ4n) is 5.75. The standard InChI is InChI=1S/C35H43N3O2/c1-3-5-7-9-15-23-37(24-16-10-8-6-4-2)26-38-31-19-13-11-18-30(31)34(35(38)39)36-27-21-22-29-28-17-12-14-20-32(28)40-33(29)25-27/h11-14,17-22,25H,3-10,15-16,23-24,26H2,1-2H3. The Bertz CT molecular complexity index is 1440. The third-order valence-electron chi connectivity index (χ3n) is 8.00. The van der Waals surface area contributed by atoms with Crippen molar-refractivity contribution < 1.29 is 9.21 Å². The van der Waals surface area contributed by atoms with Crippen molar-refractivity contribution in [3.8, 4) is 0 Å². The van der Waals surface area contributed by atoms with Crippen LogP contribution in [0.15, 0.2) is 76.1 Å². The van der Waals surface area contributed by atoms with Crippen molar-refractivity contribution in [1.82, 2.24) is 4.90 Å². The highest BCUT2D eigenvalue weighted by atomic mass is 16.3. The zero-order valence-corrected chi connectivity index (χ0v) is 24.2. The highest BCUT2D eigenvalue weighted by Gasteiger charge is 2.34. The van der Waals surface area contributed by atoms with Crippen LogP contribution < -0.4 is 4.90 Å². The summed E-state index contributed by atoms with van der Waals surface area (Å²) in [5.41, 5.74) is 4.75. The number of fused-ring (bicyclic) bond motifs is 4. The van der Waals surface area contributed by atoms with E-state index in [1.54, 1.807) is 0 Å². The molecule has 5 rings (SSSR count). The average Bonchev–Trinajstić information content (AvgIpc) is 3.47. The van der Waals surface area contributed by atoms with E-state index >= 15 is 0 Å². The zero-order valence-electron chi connectivity index (χ0n) is 24.2. The number of benzene rings is 3. The summed E-state index contributed by atoms with van der Waals surface area (Å²) in [6.45, 7) is 7.18. The Kier molecular flexibility index (Phi) is 9.67. The maximum absolute atomic E-state index is 13.9. The van der Waals surface area contributed by atoms with Crippen LogP contribution in [0.3, 0.4) is 0 Å². The predicted octanol–water partition coefficient (Wildman–Crippen LogP) is 9.25. The number of amides is 1. The highest BCUT2D eigenvalue weighted by Crippen LogP contribution is 2.34. The molecule has 40 heavy (non-hydrogen) atoms. The molecule has 1 aliphatic rings. The van der Waals surface area contributed by atoms with E-state index < -0.39 is 0 Å². The Morgan fingerprint density at radius 3 is 2.12 bits per heavy atom. The van der Waals surface area contributed by atoms with Crippen molar-refractivity contribution in [3.05, 3.63) is 72.3 Å². The summed E-state index contributed by atoms with van der Waals surface area (Å²) in [6, 6.07) is 22.1. The monoisotopic (exact) mass is 537 g/mol. The van der Waals surface area contributed by atoms with Gasteiger partial charge >= 0.3 is 0 Å². The topological polar surface area (TPSA) is 49.0 Å². The minimum Gasteiger partial charge on any atom is -0.456 e. The van der Waals surface area contributed by atoms with Crippen molar-refractivity contribution in [2.75, 3.05) is 24.7 Å². The van der Waals surface area contributed by atoms with E-state index in [0.29, 0.717) is 12.4 Å². The number of hydrogen-bond donors (Lipinski definition) is 0. The molecule has 1 amide bonds. The highest BCUT2D eigenvalue weighted by molar-refractivity contribution is 6.54. The summed E-state index contributed by atoms with van der Waals surface area (Å²) in [7, 11) is 0. The van der Waals surface area contributed by atoms with Gasteiger partial charge < -0.3 is 4.42 Å². The summed E-state index contributed by atoms with van der Waals surface area (Å²) in [4.78, 5) is 23.2. The number of carbonyl (C=O) groups excluding carboxylic acids is 1. The second-order valence-corrected chi connectivity index (χ2v) is 11.1. The van der Waals surface area contributed by atoms with Crippen molar-refractivity contribution in [1.29, 1.82) is 0 Å². The molecule has 0 atom stereocenters. The van der Waals surface area contributed by atoms with E-state index in [-0.39, 0.29) is 5.91 Å². The Labute approximate surface area is 238 Å². The van der Waals surface area contributed by atoms with Crippen LogP contribution in [0, 0.1) is 0 Å². The minimum absolute atomic E-state index is 0.0205. The molecule has 0 unspecified atom stereocenters. The number of anilines is 1. The van der Waals surface area contributed by atoms with Gasteiger partial charge in [0.05, 0.1) is 18.0 Å². The van der Waals surface area contributed by atoms with Crippen LogP contribution in [0.25, 0.3) is 21.9 Å². The van der Waals surface area contributed by atoms with E-state index in [0.717, 1.165) is 52.0 Å². The Morgan fingerprint density at radius 2 is 1.38 bits per heavy atom. The normalized spacial score (nSPS) is 14.3. The van der Waals surface area contributed by atoms with Gasteiger partial charge in [0.25, 0.3) is 5.91 Å². The lowest BCUT2D eigenvalue weighted by molar-refractivity contribution is -0.112. The van der Waals surface area contributed by atoms with E-state index in [2.05, 4.69) is 30.9 Å². The molecule has 0 N–H and O–H groups in total. The lowest BCUT2D eigenvalue weighted by atomic mass is 10.1. The van der Waals surface area contributed by atoms with E-state index in [9.17, 15) is 4.79 Å². The first-order chi connectivity index (χ1) is 19.7. The second kappa shape index (κ2) is 13.8. The van der Waals surface area contributed by atoms with Crippen LogP contribution in [-0.2, 0) is 4.79 Å². The fraction of sp³-hybridized carbons (Fsp3) is 0.429. The first-order valence-corrected chi connectivity index (χ1v) is 15.3. The van der Waals surface area contributed by atoms with Gasteiger partial charge in [-0.3, -0.25) is 14.6 Å². The first-order valence-electron chi connectivity index (χ1n) is 15.3. The molecule has 0 bridgehead atoms. The van der Waals surface area contributed by atoms with Crippen LogP contribution >= 0.6 is 0 Å². The number of nitrogens with zero attached hydrogens (tertiary/aromatic N) is 3. The average molecular weight is 538 g/mol. The van der Waals surface area contributed by atoms with E-state index in [1.807, 2.05) is 59.5 Å². The molecule has 0 spiro atoms. The summed E-state index contributed by atoms with van der Waals surface area (Å²) in [5, 5.41) is 2.16. The minimum atomic E-state index is -0.0205. The lowest BCUT2D eigenvalue weighted by Gasteiger charge is -2.28. The van der Waals surface area contributed by atoms with Crippen molar-refractivity contribution in [2.24, 2.45) is 4.99 Å². The summed E-state index contributed by atoms with van der Waals surface area (Å²) < 4.78 is 6.08. The van der Waals surface area contributed by atoms with Gasteiger partial charge in [-0.2, -0.15) is 0 Å². The van der Waals surface area contributed by atoms with Crippen LogP contribution in [0.2, 0.25) is 0 Å². The van der Waals surface area contributed by atoms with Crippen molar-refractivity contribution in [3.63, 3.8) is 0 Å². The van der Waals surface area contributed by atoms with Crippen LogP contribution in [-0.4, -0.2) is 36.3 Å². The summed E-state index contributed by atoms with van der Waals surface area (Å²) in [6.07, 6.45) is 12.6. The molecule has 0 aliphatic carbocycles. The smallest absolute Gasteiger partial charge is 0.278 e. The largest absolute Gasteiger partial charge is 0.456 e. The van der Waals surface area contributed by atoms with Gasteiger partial charge in [-0.25, -0.2) is 4.99 Å². The quantitative estimate of drug-likeness (QED) is 0.142. The molecule has 4 aromatic rings. The first kappa shape index (κ1) is 28.1. The van der Waals surface area contributed by atoms with Crippen LogP contribution in [0.5, 0.6) is 0 Å². The molecule has 1 aliphatic heterocycles. The van der Waals surface area contributed by atoms with Gasteiger partial charge in [0.2, 0.25) is 0 Å². The molecule has 3 aromatic carbocycles.